The van der Waals surface area contributed by atoms with E-state index in [9.17, 15) is 9.59 Å². The molecule has 1 heterocycles. The molecule has 0 aromatic heterocycles. The van der Waals surface area contributed by atoms with E-state index in [1.54, 1.807) is 53.4 Å². The lowest BCUT2D eigenvalue weighted by molar-refractivity contribution is 0.0303. The van der Waals surface area contributed by atoms with Gasteiger partial charge in [0.2, 0.25) is 0 Å². The number of nitrogens with zero attached hydrogens (tertiary/aromatic N) is 1. The van der Waals surface area contributed by atoms with Gasteiger partial charge in [0.1, 0.15) is 5.75 Å². The van der Waals surface area contributed by atoms with Crippen LogP contribution >= 0.6 is 12.2 Å². The van der Waals surface area contributed by atoms with Gasteiger partial charge in [-0.15, -0.1) is 0 Å². The number of carbonyl (C=O) groups is 2. The number of nitrogens with one attached hydrogen (secondary N) is 2. The Morgan fingerprint density at radius 1 is 1.03 bits per heavy atom. The zero-order chi connectivity index (χ0) is 21.3. The molecular formula is C22H25N3O4S. The fourth-order valence-corrected chi connectivity index (χ4v) is 3.12. The molecule has 0 aliphatic carbocycles. The molecule has 1 aliphatic heterocycles. The van der Waals surface area contributed by atoms with E-state index in [0.717, 1.165) is 12.2 Å². The molecule has 0 atom stereocenters. The number of ether oxygens (including phenoxy) is 2. The SMILES string of the molecule is CCCOc1ccc(C(=O)NC(=S)Nc2ccc(C(=O)N3CCOCC3)cc2)cc1. The van der Waals surface area contributed by atoms with Crippen molar-refractivity contribution in [2.24, 2.45) is 0 Å². The monoisotopic (exact) mass is 427 g/mol. The van der Waals surface area contributed by atoms with Crippen molar-refractivity contribution in [1.82, 2.24) is 10.2 Å². The third-order valence-corrected chi connectivity index (χ3v) is 4.71. The van der Waals surface area contributed by atoms with Crippen molar-refractivity contribution in [2.45, 2.75) is 13.3 Å². The van der Waals surface area contributed by atoms with E-state index in [-0.39, 0.29) is 16.9 Å². The van der Waals surface area contributed by atoms with Crippen molar-refractivity contribution < 1.29 is 19.1 Å². The Hall–Kier alpha value is -2.97. The van der Waals surface area contributed by atoms with Crippen LogP contribution in [0.5, 0.6) is 5.75 Å². The van der Waals surface area contributed by atoms with Gasteiger partial charge >= 0.3 is 0 Å². The molecule has 7 nitrogen and oxygen atoms in total. The highest BCUT2D eigenvalue weighted by atomic mass is 32.1. The van der Waals surface area contributed by atoms with Gasteiger partial charge in [-0.05, 0) is 67.2 Å². The summed E-state index contributed by atoms with van der Waals surface area (Å²) in [6, 6.07) is 13.9. The smallest absolute Gasteiger partial charge is 0.257 e. The van der Waals surface area contributed by atoms with Crippen molar-refractivity contribution in [3.63, 3.8) is 0 Å². The molecule has 2 aromatic rings. The Morgan fingerprint density at radius 2 is 1.67 bits per heavy atom. The van der Waals surface area contributed by atoms with Gasteiger partial charge in [-0.25, -0.2) is 0 Å². The second-order valence-electron chi connectivity index (χ2n) is 6.76. The largest absolute Gasteiger partial charge is 0.494 e. The highest BCUT2D eigenvalue weighted by Gasteiger charge is 2.18. The molecule has 1 aliphatic rings. The van der Waals surface area contributed by atoms with Crippen LogP contribution in [-0.4, -0.2) is 54.7 Å². The molecule has 3 rings (SSSR count). The van der Waals surface area contributed by atoms with Gasteiger partial charge in [-0.1, -0.05) is 6.92 Å². The quantitative estimate of drug-likeness (QED) is 0.690. The van der Waals surface area contributed by atoms with Crippen LogP contribution in [0.25, 0.3) is 0 Å². The Balaban J connectivity index is 1.51. The fourth-order valence-electron chi connectivity index (χ4n) is 2.91. The number of anilines is 1. The van der Waals surface area contributed by atoms with Crippen LogP contribution in [0.3, 0.4) is 0 Å². The van der Waals surface area contributed by atoms with Crippen molar-refractivity contribution in [1.29, 1.82) is 0 Å². The van der Waals surface area contributed by atoms with Gasteiger partial charge in [-0.3, -0.25) is 14.9 Å². The third-order valence-electron chi connectivity index (χ3n) is 4.50. The number of amides is 2. The molecule has 0 bridgehead atoms. The van der Waals surface area contributed by atoms with E-state index in [0.29, 0.717) is 49.7 Å². The van der Waals surface area contributed by atoms with Crippen molar-refractivity contribution in [3.8, 4) is 5.75 Å². The molecule has 1 saturated heterocycles. The van der Waals surface area contributed by atoms with Crippen LogP contribution < -0.4 is 15.4 Å². The van der Waals surface area contributed by atoms with Gasteiger partial charge < -0.3 is 19.7 Å². The van der Waals surface area contributed by atoms with Crippen LogP contribution in [0.2, 0.25) is 0 Å². The molecule has 0 unspecified atom stereocenters. The summed E-state index contributed by atoms with van der Waals surface area (Å²) in [4.78, 5) is 26.6. The van der Waals surface area contributed by atoms with Gasteiger partial charge in [-0.2, -0.15) is 0 Å². The van der Waals surface area contributed by atoms with Crippen LogP contribution in [0.4, 0.5) is 5.69 Å². The second-order valence-corrected chi connectivity index (χ2v) is 7.17. The lowest BCUT2D eigenvalue weighted by Crippen LogP contribution is -2.40. The molecule has 0 radical (unpaired) electrons. The minimum atomic E-state index is -0.311. The summed E-state index contributed by atoms with van der Waals surface area (Å²) >= 11 is 5.23. The summed E-state index contributed by atoms with van der Waals surface area (Å²) in [6.07, 6.45) is 0.921. The number of thiocarbonyl (C=S) groups is 1. The molecule has 2 amide bonds. The van der Waals surface area contributed by atoms with E-state index >= 15 is 0 Å². The van der Waals surface area contributed by atoms with E-state index in [1.165, 1.54) is 0 Å². The highest BCUT2D eigenvalue weighted by molar-refractivity contribution is 7.80. The van der Waals surface area contributed by atoms with Gasteiger partial charge in [0, 0.05) is 29.9 Å². The lowest BCUT2D eigenvalue weighted by Gasteiger charge is -2.26. The minimum absolute atomic E-state index is 0.0212. The molecular weight excluding hydrogens is 402 g/mol. The van der Waals surface area contributed by atoms with Crippen molar-refractivity contribution >= 4 is 34.8 Å². The van der Waals surface area contributed by atoms with E-state index < -0.39 is 0 Å². The minimum Gasteiger partial charge on any atom is -0.494 e. The summed E-state index contributed by atoms with van der Waals surface area (Å²) in [5.41, 5.74) is 1.76. The van der Waals surface area contributed by atoms with Crippen LogP contribution in [0, 0.1) is 0 Å². The Bertz CT molecular complexity index is 878. The maximum atomic E-state index is 12.5. The molecule has 0 spiro atoms. The number of hydrogen-bond acceptors (Lipinski definition) is 5. The van der Waals surface area contributed by atoms with Crippen molar-refractivity contribution in [2.75, 3.05) is 38.2 Å². The summed E-state index contributed by atoms with van der Waals surface area (Å²) in [5.74, 6) is 0.390. The number of carbonyl (C=O) groups excluding carboxylic acids is 2. The first-order valence-corrected chi connectivity index (χ1v) is 10.3. The first-order chi connectivity index (χ1) is 14.6. The molecule has 1 fully saturated rings. The normalized spacial score (nSPS) is 13.4. The zero-order valence-corrected chi connectivity index (χ0v) is 17.7. The average molecular weight is 428 g/mol. The zero-order valence-electron chi connectivity index (χ0n) is 16.8. The number of hydrogen-bond donors (Lipinski definition) is 2. The summed E-state index contributed by atoms with van der Waals surface area (Å²) in [5, 5.41) is 5.78. The van der Waals surface area contributed by atoms with Gasteiger partial charge in [0.25, 0.3) is 11.8 Å². The van der Waals surface area contributed by atoms with E-state index in [2.05, 4.69) is 10.6 Å². The second kappa shape index (κ2) is 10.7. The third kappa shape index (κ3) is 6.01. The number of morpholine rings is 1. The summed E-state index contributed by atoms with van der Waals surface area (Å²) < 4.78 is 10.8. The fraction of sp³-hybridized carbons (Fsp3) is 0.318. The number of benzene rings is 2. The van der Waals surface area contributed by atoms with E-state index in [4.69, 9.17) is 21.7 Å². The Kier molecular flexibility index (Phi) is 7.75. The predicted molar refractivity (Wildman–Crippen MR) is 119 cm³/mol. The standard InChI is InChI=1S/C22H25N3O4S/c1-2-13-29-19-9-5-16(6-10-19)20(26)24-22(30)23-18-7-3-17(4-8-18)21(27)25-11-14-28-15-12-25/h3-10H,2,11-15H2,1H3,(H2,23,24,26,30). The average Bonchev–Trinajstić information content (AvgIpc) is 2.78. The number of rotatable bonds is 6. The molecule has 2 aromatic carbocycles. The maximum Gasteiger partial charge on any atom is 0.257 e. The first kappa shape index (κ1) is 21.7. The molecule has 2 N–H and O–H groups in total. The van der Waals surface area contributed by atoms with Gasteiger partial charge in [0.05, 0.1) is 19.8 Å². The first-order valence-electron chi connectivity index (χ1n) is 9.89. The molecule has 0 saturated carbocycles. The van der Waals surface area contributed by atoms with E-state index in [1.807, 2.05) is 6.92 Å². The van der Waals surface area contributed by atoms with Crippen molar-refractivity contribution in [3.05, 3.63) is 59.7 Å². The highest BCUT2D eigenvalue weighted by Crippen LogP contribution is 2.14. The van der Waals surface area contributed by atoms with Gasteiger partial charge in [0.15, 0.2) is 5.11 Å². The Morgan fingerprint density at radius 3 is 2.30 bits per heavy atom. The molecule has 8 heteroatoms. The summed E-state index contributed by atoms with van der Waals surface area (Å²) in [6.45, 7) is 4.99. The Labute approximate surface area is 181 Å². The molecule has 30 heavy (non-hydrogen) atoms. The van der Waals surface area contributed by atoms with Crippen LogP contribution in [0.1, 0.15) is 34.1 Å². The van der Waals surface area contributed by atoms with Crippen LogP contribution in [0.15, 0.2) is 48.5 Å². The summed E-state index contributed by atoms with van der Waals surface area (Å²) in [7, 11) is 0. The topological polar surface area (TPSA) is 79.9 Å². The maximum absolute atomic E-state index is 12.5. The predicted octanol–water partition coefficient (Wildman–Crippen LogP) is 3.07. The molecule has 158 valence electrons. The van der Waals surface area contributed by atoms with Crippen LogP contribution in [-0.2, 0) is 4.74 Å². The lowest BCUT2D eigenvalue weighted by atomic mass is 10.1.